The molecule has 0 aromatic heterocycles. The molecule has 1 aromatic carbocycles. The molecule has 21 heavy (non-hydrogen) atoms. The van der Waals surface area contributed by atoms with Crippen molar-refractivity contribution in [1.82, 2.24) is 5.32 Å². The predicted molar refractivity (Wildman–Crippen MR) is 81.9 cm³/mol. The Labute approximate surface area is 126 Å². The Morgan fingerprint density at radius 2 is 1.86 bits per heavy atom. The Morgan fingerprint density at radius 1 is 1.10 bits per heavy atom. The van der Waals surface area contributed by atoms with Gasteiger partial charge < -0.3 is 19.5 Å². The Kier molecular flexibility index (Phi) is 4.36. The van der Waals surface area contributed by atoms with E-state index in [4.69, 9.17) is 14.2 Å². The van der Waals surface area contributed by atoms with Gasteiger partial charge in [0.25, 0.3) is 0 Å². The number of nitrogens with one attached hydrogen (secondary N) is 1. The van der Waals surface area contributed by atoms with Gasteiger partial charge in [0, 0.05) is 17.9 Å². The monoisotopic (exact) mass is 291 g/mol. The first kappa shape index (κ1) is 14.7. The first-order valence-electron chi connectivity index (χ1n) is 7.85. The number of ether oxygens (including phenoxy) is 3. The van der Waals surface area contributed by atoms with Crippen molar-refractivity contribution in [1.29, 1.82) is 0 Å². The van der Waals surface area contributed by atoms with Crippen molar-refractivity contribution < 1.29 is 14.2 Å². The van der Waals surface area contributed by atoms with Crippen LogP contribution in [-0.2, 0) is 4.74 Å². The van der Waals surface area contributed by atoms with Crippen LogP contribution < -0.4 is 14.8 Å². The van der Waals surface area contributed by atoms with Crippen LogP contribution in [0.1, 0.15) is 31.9 Å². The third-order valence-corrected chi connectivity index (χ3v) is 4.39. The van der Waals surface area contributed by atoms with Gasteiger partial charge >= 0.3 is 0 Å². The Morgan fingerprint density at radius 3 is 2.52 bits per heavy atom. The van der Waals surface area contributed by atoms with E-state index in [1.807, 2.05) is 13.1 Å². The van der Waals surface area contributed by atoms with Crippen LogP contribution in [0.5, 0.6) is 11.5 Å². The normalized spacial score (nSPS) is 30.0. The molecular weight excluding hydrogens is 266 g/mol. The fraction of sp³-hybridized carbons (Fsp3) is 0.647. The van der Waals surface area contributed by atoms with Gasteiger partial charge in [-0.1, -0.05) is 13.0 Å². The highest BCUT2D eigenvalue weighted by atomic mass is 16.5. The molecule has 0 bridgehead atoms. The van der Waals surface area contributed by atoms with Crippen LogP contribution in [0.25, 0.3) is 0 Å². The first-order chi connectivity index (χ1) is 10.2. The average molecular weight is 291 g/mol. The molecule has 4 atom stereocenters. The molecule has 1 saturated heterocycles. The summed E-state index contributed by atoms with van der Waals surface area (Å²) in [5, 5.41) is 3.44. The summed E-state index contributed by atoms with van der Waals surface area (Å²) in [6, 6.07) is 6.59. The van der Waals surface area contributed by atoms with E-state index in [2.05, 4.69) is 31.3 Å². The van der Waals surface area contributed by atoms with E-state index in [-0.39, 0.29) is 0 Å². The zero-order valence-corrected chi connectivity index (χ0v) is 13.1. The summed E-state index contributed by atoms with van der Waals surface area (Å²) in [6.45, 7) is 6.53. The van der Waals surface area contributed by atoms with Gasteiger partial charge in [0.2, 0.25) is 0 Å². The van der Waals surface area contributed by atoms with Crippen molar-refractivity contribution in [2.75, 3.05) is 26.9 Å². The fourth-order valence-corrected chi connectivity index (χ4v) is 3.22. The molecule has 2 aliphatic rings. The van der Waals surface area contributed by atoms with Crippen molar-refractivity contribution >= 4 is 0 Å². The van der Waals surface area contributed by atoms with Crippen LogP contribution in [0, 0.1) is 11.8 Å². The molecule has 2 heterocycles. The third kappa shape index (κ3) is 3.16. The Bertz CT molecular complexity index is 491. The van der Waals surface area contributed by atoms with Gasteiger partial charge in [-0.25, -0.2) is 0 Å². The quantitative estimate of drug-likeness (QED) is 0.929. The second-order valence-corrected chi connectivity index (χ2v) is 6.34. The SMILES string of the molecule is CNC(c1ccc2c(c1)OCC(C)CO2)C1COC(C)C1. The largest absolute Gasteiger partial charge is 0.489 e. The van der Waals surface area contributed by atoms with Crippen LogP contribution in [0.4, 0.5) is 0 Å². The second-order valence-electron chi connectivity index (χ2n) is 6.34. The van der Waals surface area contributed by atoms with E-state index >= 15 is 0 Å². The molecule has 4 unspecified atom stereocenters. The molecule has 0 spiro atoms. The lowest BCUT2D eigenvalue weighted by Crippen LogP contribution is -2.25. The van der Waals surface area contributed by atoms with Crippen molar-refractivity contribution in [3.63, 3.8) is 0 Å². The molecule has 1 fully saturated rings. The average Bonchev–Trinajstić information content (AvgIpc) is 2.81. The van der Waals surface area contributed by atoms with Crippen LogP contribution in [0.15, 0.2) is 18.2 Å². The minimum Gasteiger partial charge on any atom is -0.489 e. The molecule has 1 aromatic rings. The Hall–Kier alpha value is -1.26. The van der Waals surface area contributed by atoms with Gasteiger partial charge in [-0.15, -0.1) is 0 Å². The van der Waals surface area contributed by atoms with E-state index in [1.54, 1.807) is 0 Å². The van der Waals surface area contributed by atoms with Crippen LogP contribution in [-0.4, -0.2) is 33.0 Å². The number of hydrogen-bond donors (Lipinski definition) is 1. The van der Waals surface area contributed by atoms with Gasteiger partial charge in [0.05, 0.1) is 25.9 Å². The maximum Gasteiger partial charge on any atom is 0.161 e. The van der Waals surface area contributed by atoms with E-state index in [0.717, 1.165) is 31.1 Å². The van der Waals surface area contributed by atoms with Gasteiger partial charge in [-0.3, -0.25) is 0 Å². The van der Waals surface area contributed by atoms with Crippen molar-refractivity contribution in [2.45, 2.75) is 32.4 Å². The molecule has 1 N–H and O–H groups in total. The van der Waals surface area contributed by atoms with Crippen molar-refractivity contribution in [3.05, 3.63) is 23.8 Å². The molecule has 0 radical (unpaired) electrons. The van der Waals surface area contributed by atoms with Crippen LogP contribution in [0.3, 0.4) is 0 Å². The van der Waals surface area contributed by atoms with Gasteiger partial charge in [-0.05, 0) is 38.1 Å². The number of benzene rings is 1. The molecule has 116 valence electrons. The molecule has 2 aliphatic heterocycles. The van der Waals surface area contributed by atoms with E-state index in [9.17, 15) is 0 Å². The molecule has 4 nitrogen and oxygen atoms in total. The lowest BCUT2D eigenvalue weighted by molar-refractivity contribution is 0.117. The highest BCUT2D eigenvalue weighted by molar-refractivity contribution is 5.44. The van der Waals surface area contributed by atoms with E-state index in [1.165, 1.54) is 5.56 Å². The zero-order chi connectivity index (χ0) is 14.8. The van der Waals surface area contributed by atoms with E-state index < -0.39 is 0 Å². The fourth-order valence-electron chi connectivity index (χ4n) is 3.22. The van der Waals surface area contributed by atoms with E-state index in [0.29, 0.717) is 30.6 Å². The summed E-state index contributed by atoms with van der Waals surface area (Å²) in [6.07, 6.45) is 1.45. The summed E-state index contributed by atoms with van der Waals surface area (Å²) in [4.78, 5) is 0. The maximum absolute atomic E-state index is 5.90. The molecule has 4 heteroatoms. The summed E-state index contributed by atoms with van der Waals surface area (Å²) in [7, 11) is 2.01. The minimum atomic E-state index is 0.296. The van der Waals surface area contributed by atoms with Gasteiger partial charge in [-0.2, -0.15) is 0 Å². The molecule has 0 amide bonds. The smallest absolute Gasteiger partial charge is 0.161 e. The number of fused-ring (bicyclic) bond motifs is 1. The minimum absolute atomic E-state index is 0.296. The zero-order valence-electron chi connectivity index (χ0n) is 13.1. The highest BCUT2D eigenvalue weighted by Crippen LogP contribution is 2.37. The number of hydrogen-bond acceptors (Lipinski definition) is 4. The van der Waals surface area contributed by atoms with Crippen LogP contribution in [0.2, 0.25) is 0 Å². The summed E-state index contributed by atoms with van der Waals surface area (Å²) >= 11 is 0. The second kappa shape index (κ2) is 6.24. The lowest BCUT2D eigenvalue weighted by atomic mass is 9.91. The summed E-state index contributed by atoms with van der Waals surface area (Å²) < 4.78 is 17.4. The van der Waals surface area contributed by atoms with Crippen molar-refractivity contribution in [3.8, 4) is 11.5 Å². The van der Waals surface area contributed by atoms with Gasteiger partial charge in [0.15, 0.2) is 11.5 Å². The lowest BCUT2D eigenvalue weighted by Gasteiger charge is -2.23. The summed E-state index contributed by atoms with van der Waals surface area (Å²) in [5.74, 6) is 2.65. The topological polar surface area (TPSA) is 39.7 Å². The highest BCUT2D eigenvalue weighted by Gasteiger charge is 2.30. The molecule has 3 rings (SSSR count). The third-order valence-electron chi connectivity index (χ3n) is 4.39. The number of rotatable bonds is 3. The maximum atomic E-state index is 5.90. The van der Waals surface area contributed by atoms with Gasteiger partial charge in [0.1, 0.15) is 0 Å². The molecular formula is C17H25NO3. The molecule has 0 aliphatic carbocycles. The predicted octanol–water partition coefficient (Wildman–Crippen LogP) is 2.78. The van der Waals surface area contributed by atoms with Crippen LogP contribution >= 0.6 is 0 Å². The standard InChI is InChI=1S/C17H25NO3/c1-11-8-20-15-5-4-13(7-16(15)21-9-11)17(18-3)14-6-12(2)19-10-14/h4-5,7,11-12,14,17-18H,6,8-10H2,1-3H3. The Balaban J connectivity index is 1.81. The van der Waals surface area contributed by atoms with Crippen molar-refractivity contribution in [2.24, 2.45) is 11.8 Å². The molecule has 0 saturated carbocycles. The summed E-state index contributed by atoms with van der Waals surface area (Å²) in [5.41, 5.74) is 1.25. The first-order valence-corrected chi connectivity index (χ1v) is 7.85.